The number of fused-ring (bicyclic) bond motifs is 1. The second-order valence-corrected chi connectivity index (χ2v) is 7.31. The Kier molecular flexibility index (Phi) is 3.72. The third kappa shape index (κ3) is 2.55. The number of ether oxygens (including phenoxy) is 1. The van der Waals surface area contributed by atoms with Gasteiger partial charge in [0.05, 0.1) is 7.11 Å². The predicted molar refractivity (Wildman–Crippen MR) is 98.8 cm³/mol. The lowest BCUT2D eigenvalue weighted by atomic mass is 10.0. The van der Waals surface area contributed by atoms with Gasteiger partial charge in [0, 0.05) is 40.1 Å². The van der Waals surface area contributed by atoms with E-state index < -0.39 is 0 Å². The van der Waals surface area contributed by atoms with E-state index in [1.807, 2.05) is 24.3 Å². The molecule has 2 aromatic carbocycles. The van der Waals surface area contributed by atoms with E-state index in [0.717, 1.165) is 22.2 Å². The first-order valence-corrected chi connectivity index (χ1v) is 8.80. The second-order valence-electron chi connectivity index (χ2n) is 6.40. The molecule has 1 heterocycles. The van der Waals surface area contributed by atoms with E-state index in [9.17, 15) is 4.79 Å². The molecule has 1 fully saturated rings. The van der Waals surface area contributed by atoms with Gasteiger partial charge < -0.3 is 9.30 Å². The van der Waals surface area contributed by atoms with Gasteiger partial charge >= 0.3 is 0 Å². The van der Waals surface area contributed by atoms with Crippen LogP contribution in [0.2, 0.25) is 0 Å². The highest BCUT2D eigenvalue weighted by molar-refractivity contribution is 9.10. The highest BCUT2D eigenvalue weighted by atomic mass is 79.9. The molecule has 3 aromatic rings. The average Bonchev–Trinajstić information content (AvgIpc) is 3.33. The molecule has 0 N–H and O–H groups in total. The van der Waals surface area contributed by atoms with Gasteiger partial charge in [0.1, 0.15) is 5.75 Å². The van der Waals surface area contributed by atoms with Gasteiger partial charge in [0.25, 0.3) is 0 Å². The fraction of sp³-hybridized carbons (Fsp3) is 0.250. The van der Waals surface area contributed by atoms with Crippen LogP contribution in [0.1, 0.15) is 28.3 Å². The predicted octanol–water partition coefficient (Wildman–Crippen LogP) is 4.94. The first kappa shape index (κ1) is 15.5. The molecule has 4 heteroatoms. The van der Waals surface area contributed by atoms with Gasteiger partial charge in [-0.25, -0.2) is 0 Å². The molecule has 0 radical (unpaired) electrons. The minimum absolute atomic E-state index is 0.0861. The number of hydrogen-bond donors (Lipinski definition) is 0. The summed E-state index contributed by atoms with van der Waals surface area (Å²) in [6, 6.07) is 13.7. The minimum Gasteiger partial charge on any atom is -0.497 e. The van der Waals surface area contributed by atoms with Gasteiger partial charge in [-0.2, -0.15) is 0 Å². The van der Waals surface area contributed by atoms with E-state index in [-0.39, 0.29) is 11.7 Å². The number of aromatic nitrogens is 1. The first-order chi connectivity index (χ1) is 11.6. The van der Waals surface area contributed by atoms with E-state index in [2.05, 4.69) is 51.9 Å². The van der Waals surface area contributed by atoms with Gasteiger partial charge in [-0.1, -0.05) is 15.9 Å². The van der Waals surface area contributed by atoms with Crippen LogP contribution in [0.3, 0.4) is 0 Å². The lowest BCUT2D eigenvalue weighted by molar-refractivity contribution is 0.0965. The maximum Gasteiger partial charge on any atom is 0.166 e. The van der Waals surface area contributed by atoms with Gasteiger partial charge in [-0.3, -0.25) is 4.79 Å². The first-order valence-electron chi connectivity index (χ1n) is 8.01. The zero-order valence-corrected chi connectivity index (χ0v) is 15.2. The zero-order chi connectivity index (χ0) is 16.8. The summed E-state index contributed by atoms with van der Waals surface area (Å²) < 4.78 is 8.37. The number of halogens is 1. The van der Waals surface area contributed by atoms with Crippen molar-refractivity contribution in [2.75, 3.05) is 7.11 Å². The molecule has 1 aliphatic rings. The Morgan fingerprint density at radius 1 is 1.21 bits per heavy atom. The third-order valence-electron chi connectivity index (χ3n) is 4.88. The number of carbonyl (C=O) groups excluding carboxylic acids is 1. The van der Waals surface area contributed by atoms with Gasteiger partial charge in [0.15, 0.2) is 5.78 Å². The van der Waals surface area contributed by atoms with Crippen molar-refractivity contribution in [3.05, 3.63) is 64.3 Å². The number of carbonyl (C=O) groups is 1. The van der Waals surface area contributed by atoms with Crippen LogP contribution in [0.5, 0.6) is 5.75 Å². The molecule has 0 unspecified atom stereocenters. The Morgan fingerprint density at radius 2 is 1.96 bits per heavy atom. The number of benzene rings is 2. The van der Waals surface area contributed by atoms with Crippen molar-refractivity contribution in [3.63, 3.8) is 0 Å². The third-order valence-corrected chi connectivity index (χ3v) is 5.38. The summed E-state index contributed by atoms with van der Waals surface area (Å²) in [5.74, 6) is 1.41. The Labute approximate surface area is 149 Å². The maximum absolute atomic E-state index is 12.7. The van der Waals surface area contributed by atoms with Crippen LogP contribution in [0.15, 0.2) is 53.1 Å². The second kappa shape index (κ2) is 5.78. The molecule has 2 atom stereocenters. The van der Waals surface area contributed by atoms with Crippen molar-refractivity contribution < 1.29 is 9.53 Å². The van der Waals surface area contributed by atoms with Crippen molar-refractivity contribution in [1.82, 2.24) is 4.57 Å². The summed E-state index contributed by atoms with van der Waals surface area (Å²) in [6.45, 7) is 0. The van der Waals surface area contributed by atoms with Gasteiger partial charge in [-0.05, 0) is 60.4 Å². The van der Waals surface area contributed by atoms with Crippen molar-refractivity contribution >= 4 is 32.6 Å². The van der Waals surface area contributed by atoms with E-state index in [1.165, 1.54) is 16.5 Å². The van der Waals surface area contributed by atoms with Crippen molar-refractivity contribution in [3.8, 4) is 5.75 Å². The number of rotatable bonds is 4. The number of Topliss-reactive ketones (excluding diaryl/α,β-unsaturated/α-hetero) is 1. The fourth-order valence-electron chi connectivity index (χ4n) is 3.49. The van der Waals surface area contributed by atoms with Crippen LogP contribution >= 0.6 is 15.9 Å². The Hall–Kier alpha value is -2.07. The monoisotopic (exact) mass is 383 g/mol. The molecular formula is C20H18BrNO2. The molecule has 4 rings (SSSR count). The maximum atomic E-state index is 12.7. The molecule has 0 bridgehead atoms. The fourth-order valence-corrected chi connectivity index (χ4v) is 3.85. The average molecular weight is 384 g/mol. The van der Waals surface area contributed by atoms with Crippen molar-refractivity contribution in [1.29, 1.82) is 0 Å². The number of nitrogens with zero attached hydrogens (tertiary/aromatic N) is 1. The van der Waals surface area contributed by atoms with Crippen molar-refractivity contribution in [2.24, 2.45) is 13.0 Å². The Bertz CT molecular complexity index is 927. The molecule has 0 aliphatic heterocycles. The summed E-state index contributed by atoms with van der Waals surface area (Å²) in [7, 11) is 3.69. The summed E-state index contributed by atoms with van der Waals surface area (Å²) in [5, 5.41) is 1.24. The van der Waals surface area contributed by atoms with Crippen LogP contribution in [-0.4, -0.2) is 17.5 Å². The molecule has 3 nitrogen and oxygen atoms in total. The number of hydrogen-bond acceptors (Lipinski definition) is 2. The van der Waals surface area contributed by atoms with Crippen LogP contribution in [0.25, 0.3) is 10.9 Å². The zero-order valence-electron chi connectivity index (χ0n) is 13.6. The summed E-state index contributed by atoms with van der Waals surface area (Å²) in [5.41, 5.74) is 3.25. The normalized spacial score (nSPS) is 19.5. The molecule has 1 aromatic heterocycles. The summed E-state index contributed by atoms with van der Waals surface area (Å²) >= 11 is 3.55. The lowest BCUT2D eigenvalue weighted by Crippen LogP contribution is -2.03. The molecule has 1 aliphatic carbocycles. The largest absolute Gasteiger partial charge is 0.497 e. The molecular weight excluding hydrogens is 366 g/mol. The highest BCUT2D eigenvalue weighted by Crippen LogP contribution is 2.51. The van der Waals surface area contributed by atoms with Crippen LogP contribution in [0, 0.1) is 5.92 Å². The topological polar surface area (TPSA) is 31.2 Å². The van der Waals surface area contributed by atoms with E-state index in [4.69, 9.17) is 4.74 Å². The van der Waals surface area contributed by atoms with E-state index in [0.29, 0.717) is 5.92 Å². The SMILES string of the molecule is COc1ccc(C(=O)[C@H]2C[C@@H]2c2cn(C)c3ccc(Br)cc23)cc1. The number of ketones is 1. The minimum atomic E-state index is 0.0861. The van der Waals surface area contributed by atoms with Gasteiger partial charge in [-0.15, -0.1) is 0 Å². The molecule has 24 heavy (non-hydrogen) atoms. The van der Waals surface area contributed by atoms with Crippen LogP contribution in [0.4, 0.5) is 0 Å². The summed E-state index contributed by atoms with van der Waals surface area (Å²) in [6.07, 6.45) is 3.10. The molecule has 0 saturated heterocycles. The van der Waals surface area contributed by atoms with Crippen LogP contribution < -0.4 is 4.74 Å². The Morgan fingerprint density at radius 3 is 2.67 bits per heavy atom. The van der Waals surface area contributed by atoms with Crippen LogP contribution in [-0.2, 0) is 7.05 Å². The van der Waals surface area contributed by atoms with E-state index >= 15 is 0 Å². The smallest absolute Gasteiger partial charge is 0.166 e. The molecule has 122 valence electrons. The quantitative estimate of drug-likeness (QED) is 0.597. The highest BCUT2D eigenvalue weighted by Gasteiger charge is 2.45. The molecule has 1 saturated carbocycles. The summed E-state index contributed by atoms with van der Waals surface area (Å²) in [4.78, 5) is 12.7. The number of methoxy groups -OCH3 is 1. The Balaban J connectivity index is 1.62. The van der Waals surface area contributed by atoms with Crippen molar-refractivity contribution in [2.45, 2.75) is 12.3 Å². The lowest BCUT2D eigenvalue weighted by Gasteiger charge is -2.03. The standard InChI is InChI=1S/C20H18BrNO2/c1-22-11-18(16-9-13(21)5-8-19(16)22)15-10-17(15)20(23)12-3-6-14(24-2)7-4-12/h3-9,11,15,17H,10H2,1-2H3/t15-,17-/m0/s1. The van der Waals surface area contributed by atoms with E-state index in [1.54, 1.807) is 7.11 Å². The number of aryl methyl sites for hydroxylation is 1. The molecule has 0 spiro atoms. The van der Waals surface area contributed by atoms with Gasteiger partial charge in [0.2, 0.25) is 0 Å². The molecule has 0 amide bonds.